The lowest BCUT2D eigenvalue weighted by molar-refractivity contribution is -0.154. The van der Waals surface area contributed by atoms with E-state index in [9.17, 15) is 19.4 Å². The summed E-state index contributed by atoms with van der Waals surface area (Å²) in [5, 5.41) is 2.66. The first-order valence-electron chi connectivity index (χ1n) is 9.53. The Kier molecular flexibility index (Phi) is 6.76. The van der Waals surface area contributed by atoms with Gasteiger partial charge in [0.25, 0.3) is 5.91 Å². The summed E-state index contributed by atoms with van der Waals surface area (Å²) in [4.78, 5) is 47.2. The van der Waals surface area contributed by atoms with Gasteiger partial charge < -0.3 is 14.8 Å². The van der Waals surface area contributed by atoms with Crippen LogP contribution in [-0.4, -0.2) is 72.6 Å². The van der Waals surface area contributed by atoms with Gasteiger partial charge in [-0.2, -0.15) is 14.3 Å². The van der Waals surface area contributed by atoms with Gasteiger partial charge in [-0.15, -0.1) is 0 Å². The Balaban J connectivity index is 1.72. The fourth-order valence-corrected chi connectivity index (χ4v) is 5.44. The molecule has 1 amide bonds. The second-order valence-electron chi connectivity index (χ2n) is 7.39. The number of carbonyl (C=O) groups is 2. The number of hydrogen-bond acceptors (Lipinski definition) is 8. The highest BCUT2D eigenvalue weighted by Crippen LogP contribution is 2.54. The number of rotatable bonds is 7. The standard InChI is InChI=1S/C19H27N2O7P/c1-20-17(22)11-27-13-5-7-14(8-6-13)29(24,25)28-16-10-12-4-9-15(21(12)2)18(16)19(23)26-3/h5-8,12,15-16,18,24-25H,4,9-11H2,1-3H3/p+1/t12?,15?,16?,18-/m1/s1. The molecule has 1 aromatic rings. The lowest BCUT2D eigenvalue weighted by atomic mass is 9.88. The van der Waals surface area contributed by atoms with E-state index in [2.05, 4.69) is 10.2 Å². The second kappa shape index (κ2) is 8.93. The second-order valence-corrected chi connectivity index (χ2v) is 9.21. The number of ether oxygens (including phenoxy) is 2. The molecule has 3 unspecified atom stereocenters. The maximum absolute atomic E-state index is 12.4. The first-order chi connectivity index (χ1) is 13.8. The number of piperidine rings is 1. The molecule has 9 nitrogen and oxygen atoms in total. The molecular formula is C19H28N2O7P+. The van der Waals surface area contributed by atoms with Crippen molar-refractivity contribution < 1.29 is 33.4 Å². The van der Waals surface area contributed by atoms with E-state index in [1.807, 2.05) is 7.05 Å². The summed E-state index contributed by atoms with van der Waals surface area (Å²) in [6.45, 7) is -0.135. The van der Waals surface area contributed by atoms with E-state index in [0.29, 0.717) is 12.2 Å². The van der Waals surface area contributed by atoms with Gasteiger partial charge in [0.05, 0.1) is 7.11 Å². The van der Waals surface area contributed by atoms with Crippen molar-refractivity contribution in [1.29, 1.82) is 0 Å². The Morgan fingerprint density at radius 1 is 1.24 bits per heavy atom. The van der Waals surface area contributed by atoms with Crippen molar-refractivity contribution in [2.24, 2.45) is 5.92 Å². The van der Waals surface area contributed by atoms with Gasteiger partial charge in [0.2, 0.25) is 0 Å². The third-order valence-corrected chi connectivity index (χ3v) is 7.33. The number of carbonyl (C=O) groups excluding carboxylic acids is 2. The highest BCUT2D eigenvalue weighted by atomic mass is 31.2. The Hall–Kier alpha value is -1.77. The van der Waals surface area contributed by atoms with Crippen LogP contribution in [0.25, 0.3) is 0 Å². The summed E-state index contributed by atoms with van der Waals surface area (Å²) in [5.74, 6) is -0.820. The number of methoxy groups -OCH3 is 1. The van der Waals surface area contributed by atoms with Crippen LogP contribution >= 0.6 is 7.94 Å². The van der Waals surface area contributed by atoms with Crippen LogP contribution in [0.1, 0.15) is 19.3 Å². The van der Waals surface area contributed by atoms with Gasteiger partial charge in [0.15, 0.2) is 11.9 Å². The monoisotopic (exact) mass is 427 g/mol. The zero-order valence-electron chi connectivity index (χ0n) is 16.8. The van der Waals surface area contributed by atoms with Gasteiger partial charge in [-0.25, -0.2) is 0 Å². The molecule has 10 heteroatoms. The molecular weight excluding hydrogens is 399 g/mol. The molecule has 2 heterocycles. The number of likely N-dealkylation sites (N-methyl/N-ethyl adjacent to an activating group) is 1. The number of hydrogen-bond donors (Lipinski definition) is 3. The minimum Gasteiger partial charge on any atom is -0.484 e. The van der Waals surface area contributed by atoms with Gasteiger partial charge in [-0.1, -0.05) is 0 Å². The molecule has 160 valence electrons. The Labute approximate surface area is 170 Å². The quantitative estimate of drug-likeness (QED) is 0.418. The molecule has 3 N–H and O–H groups in total. The summed E-state index contributed by atoms with van der Waals surface area (Å²) in [6, 6.07) is 6.27. The minimum absolute atomic E-state index is 0.0355. The van der Waals surface area contributed by atoms with Crippen molar-refractivity contribution in [2.75, 3.05) is 27.8 Å². The molecule has 29 heavy (non-hydrogen) atoms. The Bertz CT molecular complexity index is 743. The summed E-state index contributed by atoms with van der Waals surface area (Å²) >= 11 is 0. The molecule has 0 radical (unpaired) electrons. The topological polar surface area (TPSA) is 118 Å². The van der Waals surface area contributed by atoms with Crippen molar-refractivity contribution in [3.05, 3.63) is 24.3 Å². The molecule has 3 rings (SSSR count). The molecule has 2 saturated heterocycles. The molecule has 2 bridgehead atoms. The molecule has 0 aromatic heterocycles. The lowest BCUT2D eigenvalue weighted by Gasteiger charge is -2.40. The van der Waals surface area contributed by atoms with Crippen LogP contribution in [0.2, 0.25) is 0 Å². The van der Waals surface area contributed by atoms with E-state index in [4.69, 9.17) is 14.0 Å². The number of benzene rings is 1. The number of fused-ring (bicyclic) bond motifs is 2. The number of nitrogens with one attached hydrogen (secondary N) is 1. The van der Waals surface area contributed by atoms with Crippen LogP contribution in [0.4, 0.5) is 0 Å². The lowest BCUT2D eigenvalue weighted by Crippen LogP contribution is -2.53. The highest BCUT2D eigenvalue weighted by Gasteiger charge is 2.55. The van der Waals surface area contributed by atoms with Crippen LogP contribution < -0.4 is 15.4 Å². The highest BCUT2D eigenvalue weighted by molar-refractivity contribution is 7.67. The smallest absolute Gasteiger partial charge is 0.443 e. The van der Waals surface area contributed by atoms with E-state index in [1.165, 1.54) is 26.3 Å². The largest absolute Gasteiger partial charge is 0.484 e. The summed E-state index contributed by atoms with van der Waals surface area (Å²) in [5.41, 5.74) is 0. The molecule has 0 spiro atoms. The van der Waals surface area contributed by atoms with Crippen molar-refractivity contribution in [1.82, 2.24) is 10.2 Å². The van der Waals surface area contributed by atoms with Gasteiger partial charge in [0.1, 0.15) is 17.8 Å². The number of nitrogens with zero attached hydrogens (tertiary/aromatic N) is 1. The van der Waals surface area contributed by atoms with Crippen LogP contribution in [0, 0.1) is 5.92 Å². The van der Waals surface area contributed by atoms with E-state index < -0.39 is 25.9 Å². The predicted molar refractivity (Wildman–Crippen MR) is 107 cm³/mol. The Morgan fingerprint density at radius 3 is 2.55 bits per heavy atom. The first-order valence-corrected chi connectivity index (χ1v) is 11.1. The molecule has 1 aromatic carbocycles. The van der Waals surface area contributed by atoms with Crippen molar-refractivity contribution in [3.63, 3.8) is 0 Å². The Morgan fingerprint density at radius 2 is 1.93 bits per heavy atom. The van der Waals surface area contributed by atoms with Gasteiger partial charge in [-0.3, -0.25) is 14.5 Å². The molecule has 2 aliphatic heterocycles. The zero-order chi connectivity index (χ0) is 21.2. The SMILES string of the molecule is CNC(=O)COc1ccc([P+](O)(O)OC2CC3CCC([C@H]2C(=O)OC)N3C)cc1. The normalized spacial score (nSPS) is 26.8. The summed E-state index contributed by atoms with van der Waals surface area (Å²) < 4.78 is 16.1. The van der Waals surface area contributed by atoms with Crippen molar-refractivity contribution >= 4 is 25.1 Å². The summed E-state index contributed by atoms with van der Waals surface area (Å²) in [6.07, 6.45) is 1.68. The van der Waals surface area contributed by atoms with Gasteiger partial charge in [0, 0.05) is 19.1 Å². The van der Waals surface area contributed by atoms with E-state index in [-0.39, 0.29) is 29.9 Å². The van der Waals surface area contributed by atoms with Crippen LogP contribution in [0.15, 0.2) is 24.3 Å². The fourth-order valence-electron chi connectivity index (χ4n) is 4.18. The van der Waals surface area contributed by atoms with E-state index >= 15 is 0 Å². The minimum atomic E-state index is -3.92. The fraction of sp³-hybridized carbons (Fsp3) is 0.579. The third kappa shape index (κ3) is 4.70. The van der Waals surface area contributed by atoms with E-state index in [0.717, 1.165) is 12.8 Å². The number of esters is 1. The average molecular weight is 427 g/mol. The van der Waals surface area contributed by atoms with Crippen molar-refractivity contribution in [2.45, 2.75) is 37.5 Å². The predicted octanol–water partition coefficient (Wildman–Crippen LogP) is 0.225. The number of amides is 1. The molecule has 0 aliphatic carbocycles. The van der Waals surface area contributed by atoms with E-state index in [1.54, 1.807) is 12.1 Å². The first kappa shape index (κ1) is 21.9. The third-order valence-electron chi connectivity index (χ3n) is 5.79. The van der Waals surface area contributed by atoms with Crippen LogP contribution in [-0.2, 0) is 18.8 Å². The van der Waals surface area contributed by atoms with Crippen LogP contribution in [0.5, 0.6) is 5.75 Å². The maximum atomic E-state index is 12.4. The molecule has 2 fully saturated rings. The van der Waals surface area contributed by atoms with Crippen molar-refractivity contribution in [3.8, 4) is 5.75 Å². The van der Waals surface area contributed by atoms with Gasteiger partial charge in [-0.05, 0) is 50.6 Å². The molecule has 0 saturated carbocycles. The summed E-state index contributed by atoms with van der Waals surface area (Å²) in [7, 11) is 0.903. The molecule has 4 atom stereocenters. The zero-order valence-corrected chi connectivity index (χ0v) is 17.7. The van der Waals surface area contributed by atoms with Crippen LogP contribution in [0.3, 0.4) is 0 Å². The molecule has 2 aliphatic rings. The average Bonchev–Trinajstić information content (AvgIpc) is 2.95. The maximum Gasteiger partial charge on any atom is 0.443 e. The van der Waals surface area contributed by atoms with Gasteiger partial charge >= 0.3 is 13.9 Å².